The molecule has 1 fully saturated rings. The molecule has 2 aromatic rings. The zero-order valence-corrected chi connectivity index (χ0v) is 9.17. The Balaban J connectivity index is 1.96. The predicted molar refractivity (Wildman–Crippen MR) is 60.3 cm³/mol. The van der Waals surface area contributed by atoms with E-state index in [2.05, 4.69) is 15.5 Å². The highest BCUT2D eigenvalue weighted by atomic mass is 19.1. The summed E-state index contributed by atoms with van der Waals surface area (Å²) in [5, 5.41) is 11.6. The Labute approximate surface area is 97.4 Å². The van der Waals surface area contributed by atoms with Gasteiger partial charge in [-0.15, -0.1) is 5.10 Å². The van der Waals surface area contributed by atoms with E-state index in [-0.39, 0.29) is 5.69 Å². The quantitative estimate of drug-likeness (QED) is 0.815. The van der Waals surface area contributed by atoms with E-state index in [1.807, 2.05) is 0 Å². The van der Waals surface area contributed by atoms with Gasteiger partial charge in [0.25, 0.3) is 0 Å². The minimum absolute atomic E-state index is 0.114. The Morgan fingerprint density at radius 2 is 2.24 bits per heavy atom. The Hall–Kier alpha value is -1.98. The molecule has 0 radical (unpaired) electrons. The number of nitrogens with zero attached hydrogens (tertiary/aromatic N) is 4. The third-order valence-corrected chi connectivity index (χ3v) is 2.91. The summed E-state index contributed by atoms with van der Waals surface area (Å²) < 4.78 is 14.8. The highest BCUT2D eigenvalue weighted by Gasteiger charge is 2.24. The lowest BCUT2D eigenvalue weighted by molar-refractivity contribution is 0.548. The van der Waals surface area contributed by atoms with Gasteiger partial charge in [-0.2, -0.15) is 0 Å². The maximum absolute atomic E-state index is 13.1. The fourth-order valence-corrected chi connectivity index (χ4v) is 1.76. The number of nitrogen functional groups attached to an aromatic ring is 1. The molecule has 1 aliphatic rings. The second-order valence-corrected chi connectivity index (χ2v) is 4.36. The summed E-state index contributed by atoms with van der Waals surface area (Å²) >= 11 is 0. The number of hydrogen-bond donors (Lipinski definition) is 1. The Morgan fingerprint density at radius 3 is 2.94 bits per heavy atom. The van der Waals surface area contributed by atoms with Gasteiger partial charge in [0.05, 0.1) is 5.69 Å². The van der Waals surface area contributed by atoms with Crippen molar-refractivity contribution in [1.29, 1.82) is 0 Å². The average Bonchev–Trinajstić information content (AvgIpc) is 3.00. The van der Waals surface area contributed by atoms with Crippen molar-refractivity contribution in [1.82, 2.24) is 20.2 Å². The molecule has 5 nitrogen and oxygen atoms in total. The molecule has 0 bridgehead atoms. The lowest BCUT2D eigenvalue weighted by atomic mass is 10.2. The van der Waals surface area contributed by atoms with Crippen LogP contribution < -0.4 is 5.73 Å². The second-order valence-electron chi connectivity index (χ2n) is 4.36. The first kappa shape index (κ1) is 10.2. The van der Waals surface area contributed by atoms with Gasteiger partial charge in [0, 0.05) is 12.1 Å². The first-order chi connectivity index (χ1) is 8.24. The fraction of sp³-hybridized carbons (Fsp3) is 0.364. The summed E-state index contributed by atoms with van der Waals surface area (Å²) in [5.74, 6) is 0.897. The molecule has 17 heavy (non-hydrogen) atoms. The third kappa shape index (κ3) is 1.98. The standard InChI is InChI=1S/C11H12FN5/c12-9-4-3-8(5-10(9)13)11-14-15-16-17(11)6-7-1-2-7/h3-5,7H,1-2,6,13H2. The largest absolute Gasteiger partial charge is 0.396 e. The summed E-state index contributed by atoms with van der Waals surface area (Å²) in [4.78, 5) is 0. The van der Waals surface area contributed by atoms with E-state index in [4.69, 9.17) is 5.73 Å². The predicted octanol–water partition coefficient (Wildman–Crippen LogP) is 1.47. The number of benzene rings is 1. The first-order valence-corrected chi connectivity index (χ1v) is 5.55. The summed E-state index contributed by atoms with van der Waals surface area (Å²) in [6.07, 6.45) is 2.45. The van der Waals surface area contributed by atoms with Crippen molar-refractivity contribution in [2.24, 2.45) is 5.92 Å². The van der Waals surface area contributed by atoms with Gasteiger partial charge in [0.15, 0.2) is 5.82 Å². The molecule has 1 aromatic heterocycles. The number of aromatic nitrogens is 4. The van der Waals surface area contributed by atoms with Gasteiger partial charge >= 0.3 is 0 Å². The van der Waals surface area contributed by atoms with Crippen LogP contribution in [0, 0.1) is 11.7 Å². The van der Waals surface area contributed by atoms with Crippen LogP contribution in [0.2, 0.25) is 0 Å². The molecule has 1 aliphatic carbocycles. The topological polar surface area (TPSA) is 69.6 Å². The van der Waals surface area contributed by atoms with E-state index in [1.165, 1.54) is 18.9 Å². The minimum atomic E-state index is -0.421. The number of hydrogen-bond acceptors (Lipinski definition) is 4. The average molecular weight is 233 g/mol. The minimum Gasteiger partial charge on any atom is -0.396 e. The lowest BCUT2D eigenvalue weighted by Gasteiger charge is -2.04. The molecule has 0 unspecified atom stereocenters. The summed E-state index contributed by atoms with van der Waals surface area (Å²) in [6, 6.07) is 4.53. The lowest BCUT2D eigenvalue weighted by Crippen LogP contribution is -2.04. The van der Waals surface area contributed by atoms with Crippen LogP contribution in [-0.4, -0.2) is 20.2 Å². The molecule has 0 saturated heterocycles. The number of tetrazole rings is 1. The fourth-order valence-electron chi connectivity index (χ4n) is 1.76. The molecule has 88 valence electrons. The molecule has 3 rings (SSSR count). The van der Waals surface area contributed by atoms with E-state index >= 15 is 0 Å². The maximum Gasteiger partial charge on any atom is 0.182 e. The number of anilines is 1. The van der Waals surface area contributed by atoms with E-state index in [1.54, 1.807) is 16.8 Å². The zero-order chi connectivity index (χ0) is 11.8. The van der Waals surface area contributed by atoms with Gasteiger partial charge in [-0.3, -0.25) is 0 Å². The van der Waals surface area contributed by atoms with Gasteiger partial charge in [-0.25, -0.2) is 9.07 Å². The van der Waals surface area contributed by atoms with Crippen molar-refractivity contribution < 1.29 is 4.39 Å². The van der Waals surface area contributed by atoms with Crippen LogP contribution in [0.5, 0.6) is 0 Å². The van der Waals surface area contributed by atoms with Crippen molar-refractivity contribution in [2.45, 2.75) is 19.4 Å². The van der Waals surface area contributed by atoms with Crippen molar-refractivity contribution in [3.8, 4) is 11.4 Å². The number of halogens is 1. The molecule has 0 spiro atoms. The summed E-state index contributed by atoms with van der Waals surface area (Å²) in [5.41, 5.74) is 6.40. The van der Waals surface area contributed by atoms with Gasteiger partial charge in [0.2, 0.25) is 0 Å². The van der Waals surface area contributed by atoms with Crippen molar-refractivity contribution in [3.05, 3.63) is 24.0 Å². The van der Waals surface area contributed by atoms with Crippen LogP contribution in [0.1, 0.15) is 12.8 Å². The third-order valence-electron chi connectivity index (χ3n) is 2.91. The first-order valence-electron chi connectivity index (χ1n) is 5.55. The Bertz CT molecular complexity index is 547. The smallest absolute Gasteiger partial charge is 0.182 e. The molecule has 0 amide bonds. The summed E-state index contributed by atoms with van der Waals surface area (Å²) in [7, 11) is 0. The van der Waals surface area contributed by atoms with E-state index in [0.717, 1.165) is 12.1 Å². The number of rotatable bonds is 3. The van der Waals surface area contributed by atoms with Gasteiger partial charge in [-0.1, -0.05) is 0 Å². The molecule has 1 heterocycles. The van der Waals surface area contributed by atoms with E-state index in [0.29, 0.717) is 11.7 Å². The molecular formula is C11H12FN5. The van der Waals surface area contributed by atoms with Crippen molar-refractivity contribution in [2.75, 3.05) is 5.73 Å². The Kier molecular flexibility index (Phi) is 2.28. The van der Waals surface area contributed by atoms with Crippen LogP contribution >= 0.6 is 0 Å². The Morgan fingerprint density at radius 1 is 1.41 bits per heavy atom. The molecule has 6 heteroatoms. The second kappa shape index (κ2) is 3.80. The maximum atomic E-state index is 13.1. The normalized spacial score (nSPS) is 15.1. The van der Waals surface area contributed by atoms with Gasteiger partial charge in [-0.05, 0) is 47.4 Å². The molecule has 2 N–H and O–H groups in total. The monoisotopic (exact) mass is 233 g/mol. The highest BCUT2D eigenvalue weighted by Crippen LogP contribution is 2.31. The van der Waals surface area contributed by atoms with Gasteiger partial charge < -0.3 is 5.73 Å². The molecule has 1 aromatic carbocycles. The van der Waals surface area contributed by atoms with Crippen LogP contribution in [0.25, 0.3) is 11.4 Å². The van der Waals surface area contributed by atoms with Crippen molar-refractivity contribution in [3.63, 3.8) is 0 Å². The molecule has 0 atom stereocenters. The van der Waals surface area contributed by atoms with Crippen LogP contribution in [0.3, 0.4) is 0 Å². The zero-order valence-electron chi connectivity index (χ0n) is 9.17. The van der Waals surface area contributed by atoms with Crippen molar-refractivity contribution >= 4 is 5.69 Å². The van der Waals surface area contributed by atoms with Crippen LogP contribution in [0.15, 0.2) is 18.2 Å². The number of nitrogens with two attached hydrogens (primary N) is 1. The molecule has 1 saturated carbocycles. The highest BCUT2D eigenvalue weighted by molar-refractivity contribution is 5.61. The SMILES string of the molecule is Nc1cc(-c2nnnn2CC2CC2)ccc1F. The molecule has 0 aliphatic heterocycles. The molecular weight excluding hydrogens is 221 g/mol. The van der Waals surface area contributed by atoms with E-state index < -0.39 is 5.82 Å². The van der Waals surface area contributed by atoms with Crippen LogP contribution in [-0.2, 0) is 6.54 Å². The summed E-state index contributed by atoms with van der Waals surface area (Å²) in [6.45, 7) is 0.819. The van der Waals surface area contributed by atoms with Crippen LogP contribution in [0.4, 0.5) is 10.1 Å². The van der Waals surface area contributed by atoms with E-state index in [9.17, 15) is 4.39 Å². The van der Waals surface area contributed by atoms with Gasteiger partial charge in [0.1, 0.15) is 5.82 Å².